The molecule has 0 aromatic heterocycles. The van der Waals surface area contributed by atoms with Gasteiger partial charge in [0.2, 0.25) is 0 Å². The highest BCUT2D eigenvalue weighted by atomic mass is 15.1. The van der Waals surface area contributed by atoms with E-state index >= 15 is 0 Å². The van der Waals surface area contributed by atoms with Crippen LogP contribution in [0.3, 0.4) is 0 Å². The van der Waals surface area contributed by atoms with Crippen LogP contribution < -0.4 is 0 Å². The van der Waals surface area contributed by atoms with Crippen molar-refractivity contribution < 1.29 is 0 Å². The molecule has 10 heavy (non-hydrogen) atoms. The Hall–Kier alpha value is -0.980. The first-order chi connectivity index (χ1) is 4.59. The Morgan fingerprint density at radius 3 is 2.20 bits per heavy atom. The molecule has 0 spiro atoms. The van der Waals surface area contributed by atoms with Gasteiger partial charge in [-0.05, 0) is 25.6 Å². The first kappa shape index (κ1) is 9.02. The molecule has 0 saturated carbocycles. The van der Waals surface area contributed by atoms with Crippen LogP contribution in [-0.2, 0) is 0 Å². The summed E-state index contributed by atoms with van der Waals surface area (Å²) in [6, 6.07) is 0. The summed E-state index contributed by atoms with van der Waals surface area (Å²) in [6.07, 6.45) is 3.92. The van der Waals surface area contributed by atoms with Gasteiger partial charge in [-0.1, -0.05) is 19.2 Å². The lowest BCUT2D eigenvalue weighted by molar-refractivity contribution is 0.581. The standard InChI is InChI=1S/C9H15N/c1-6-7-10(5)9(4)8(2)3/h6-7H,2,4H2,1,3,5H3/b7-6-. The molecule has 1 nitrogen and oxygen atoms in total. The van der Waals surface area contributed by atoms with Crippen LogP contribution in [0.4, 0.5) is 0 Å². The van der Waals surface area contributed by atoms with Crippen molar-refractivity contribution in [1.29, 1.82) is 0 Å². The molecule has 0 unspecified atom stereocenters. The molecular formula is C9H15N. The summed E-state index contributed by atoms with van der Waals surface area (Å²) in [4.78, 5) is 1.95. The van der Waals surface area contributed by atoms with E-state index in [4.69, 9.17) is 0 Å². The topological polar surface area (TPSA) is 3.24 Å². The molecular weight excluding hydrogens is 122 g/mol. The third-order valence-corrected chi connectivity index (χ3v) is 1.29. The van der Waals surface area contributed by atoms with Gasteiger partial charge in [0.1, 0.15) is 0 Å². The molecule has 1 heteroatoms. The van der Waals surface area contributed by atoms with Gasteiger partial charge < -0.3 is 4.90 Å². The van der Waals surface area contributed by atoms with Gasteiger partial charge in [-0.25, -0.2) is 0 Å². The SMILES string of the molecule is C=C(C)C(=C)N(C)/C=C\C. The molecule has 0 aliphatic rings. The minimum absolute atomic E-state index is 0.957. The van der Waals surface area contributed by atoms with Crippen LogP contribution in [0.2, 0.25) is 0 Å². The van der Waals surface area contributed by atoms with Gasteiger partial charge in [0.05, 0.1) is 0 Å². The predicted octanol–water partition coefficient (Wildman–Crippen LogP) is 2.54. The largest absolute Gasteiger partial charge is 0.352 e. The Balaban J connectivity index is 4.08. The second-order valence-corrected chi connectivity index (χ2v) is 2.32. The van der Waals surface area contributed by atoms with Gasteiger partial charge in [0.15, 0.2) is 0 Å². The van der Waals surface area contributed by atoms with Crippen molar-refractivity contribution in [3.8, 4) is 0 Å². The van der Waals surface area contributed by atoms with E-state index in [9.17, 15) is 0 Å². The first-order valence-electron chi connectivity index (χ1n) is 3.30. The van der Waals surface area contributed by atoms with Crippen molar-refractivity contribution in [2.75, 3.05) is 7.05 Å². The molecule has 0 atom stereocenters. The molecule has 0 rings (SSSR count). The maximum Gasteiger partial charge on any atom is 0.0354 e. The second-order valence-electron chi connectivity index (χ2n) is 2.32. The van der Waals surface area contributed by atoms with E-state index in [0.29, 0.717) is 0 Å². The van der Waals surface area contributed by atoms with Gasteiger partial charge in [-0.3, -0.25) is 0 Å². The highest BCUT2D eigenvalue weighted by molar-refractivity contribution is 5.22. The van der Waals surface area contributed by atoms with Crippen molar-refractivity contribution in [2.24, 2.45) is 0 Å². The molecule has 0 aromatic carbocycles. The molecule has 0 aromatic rings. The molecule has 0 bridgehead atoms. The highest BCUT2D eigenvalue weighted by Crippen LogP contribution is 2.07. The van der Waals surface area contributed by atoms with E-state index < -0.39 is 0 Å². The van der Waals surface area contributed by atoms with Gasteiger partial charge >= 0.3 is 0 Å². The van der Waals surface area contributed by atoms with Crippen LogP contribution in [-0.4, -0.2) is 11.9 Å². The lowest BCUT2D eigenvalue weighted by Crippen LogP contribution is -2.08. The minimum Gasteiger partial charge on any atom is -0.352 e. The Morgan fingerprint density at radius 1 is 1.40 bits per heavy atom. The molecule has 56 valence electrons. The third-order valence-electron chi connectivity index (χ3n) is 1.29. The Kier molecular flexibility index (Phi) is 3.55. The number of likely N-dealkylation sites (N-methyl/N-ethyl adjacent to an activating group) is 1. The third kappa shape index (κ3) is 2.53. The minimum atomic E-state index is 0.957. The van der Waals surface area contributed by atoms with Crippen molar-refractivity contribution in [2.45, 2.75) is 13.8 Å². The van der Waals surface area contributed by atoms with Crippen LogP contribution in [0, 0.1) is 0 Å². The molecule has 0 aliphatic carbocycles. The zero-order valence-corrected chi connectivity index (χ0v) is 7.02. The maximum absolute atomic E-state index is 3.85. The van der Waals surface area contributed by atoms with E-state index in [1.54, 1.807) is 0 Å². The van der Waals surface area contributed by atoms with Crippen molar-refractivity contribution >= 4 is 0 Å². The van der Waals surface area contributed by atoms with Crippen molar-refractivity contribution in [1.82, 2.24) is 4.90 Å². The van der Waals surface area contributed by atoms with Crippen LogP contribution in [0.15, 0.2) is 36.7 Å². The first-order valence-corrected chi connectivity index (χ1v) is 3.30. The number of rotatable bonds is 3. The fourth-order valence-electron chi connectivity index (χ4n) is 0.615. The summed E-state index contributed by atoms with van der Waals surface area (Å²) >= 11 is 0. The summed E-state index contributed by atoms with van der Waals surface area (Å²) in [5.74, 6) is 0. The van der Waals surface area contributed by atoms with Crippen LogP contribution in [0.1, 0.15) is 13.8 Å². The highest BCUT2D eigenvalue weighted by Gasteiger charge is 1.95. The molecule has 0 heterocycles. The van der Waals surface area contributed by atoms with E-state index in [1.165, 1.54) is 0 Å². The zero-order chi connectivity index (χ0) is 8.15. The quantitative estimate of drug-likeness (QED) is 0.540. The number of nitrogens with zero attached hydrogens (tertiary/aromatic N) is 1. The number of allylic oxidation sites excluding steroid dienone is 2. The smallest absolute Gasteiger partial charge is 0.0354 e. The molecule has 0 amide bonds. The van der Waals surface area contributed by atoms with Gasteiger partial charge in [-0.15, -0.1) is 0 Å². The predicted molar refractivity (Wildman–Crippen MR) is 46.5 cm³/mol. The van der Waals surface area contributed by atoms with Crippen LogP contribution in [0.5, 0.6) is 0 Å². The van der Waals surface area contributed by atoms with E-state index in [0.717, 1.165) is 11.3 Å². The van der Waals surface area contributed by atoms with Crippen LogP contribution >= 0.6 is 0 Å². The van der Waals surface area contributed by atoms with E-state index in [1.807, 2.05) is 38.1 Å². The Bertz CT molecular complexity index is 166. The lowest BCUT2D eigenvalue weighted by atomic mass is 10.2. The Labute approximate surface area is 63.3 Å². The van der Waals surface area contributed by atoms with Gasteiger partial charge in [0, 0.05) is 12.7 Å². The normalized spacial score (nSPS) is 9.90. The van der Waals surface area contributed by atoms with Crippen molar-refractivity contribution in [3.63, 3.8) is 0 Å². The van der Waals surface area contributed by atoms with E-state index in [2.05, 4.69) is 13.2 Å². The molecule has 0 radical (unpaired) electrons. The average molecular weight is 137 g/mol. The van der Waals surface area contributed by atoms with Crippen molar-refractivity contribution in [3.05, 3.63) is 36.7 Å². The average Bonchev–Trinajstić information content (AvgIpc) is 1.87. The fraction of sp³-hybridized carbons (Fsp3) is 0.333. The molecule has 0 N–H and O–H groups in total. The number of hydrogen-bond donors (Lipinski definition) is 0. The summed E-state index contributed by atoms with van der Waals surface area (Å²) in [5, 5.41) is 0. The molecule has 0 saturated heterocycles. The molecule has 0 fully saturated rings. The summed E-state index contributed by atoms with van der Waals surface area (Å²) < 4.78 is 0. The fourth-order valence-corrected chi connectivity index (χ4v) is 0.615. The lowest BCUT2D eigenvalue weighted by Gasteiger charge is -2.16. The zero-order valence-electron chi connectivity index (χ0n) is 7.02. The monoisotopic (exact) mass is 137 g/mol. The van der Waals surface area contributed by atoms with E-state index in [-0.39, 0.29) is 0 Å². The maximum atomic E-state index is 3.85. The summed E-state index contributed by atoms with van der Waals surface area (Å²) in [6.45, 7) is 11.6. The van der Waals surface area contributed by atoms with Gasteiger partial charge in [-0.2, -0.15) is 0 Å². The summed E-state index contributed by atoms with van der Waals surface area (Å²) in [5.41, 5.74) is 1.96. The van der Waals surface area contributed by atoms with Gasteiger partial charge in [0.25, 0.3) is 0 Å². The molecule has 0 aliphatic heterocycles. The second kappa shape index (κ2) is 3.94. The van der Waals surface area contributed by atoms with Crippen LogP contribution in [0.25, 0.3) is 0 Å². The number of hydrogen-bond acceptors (Lipinski definition) is 1. The Morgan fingerprint density at radius 2 is 1.90 bits per heavy atom. The summed E-state index contributed by atoms with van der Waals surface area (Å²) in [7, 11) is 1.96.